The van der Waals surface area contributed by atoms with Gasteiger partial charge in [-0.1, -0.05) is 51.1 Å². The van der Waals surface area contributed by atoms with E-state index in [-0.39, 0.29) is 23.4 Å². The topological polar surface area (TPSA) is 29.1 Å². The zero-order valence-electron chi connectivity index (χ0n) is 14.6. The van der Waals surface area contributed by atoms with Gasteiger partial charge in [-0.2, -0.15) is 13.2 Å². The van der Waals surface area contributed by atoms with Gasteiger partial charge >= 0.3 is 6.18 Å². The summed E-state index contributed by atoms with van der Waals surface area (Å²) in [5.41, 5.74) is 1.68. The van der Waals surface area contributed by atoms with Crippen molar-refractivity contribution < 1.29 is 18.0 Å². The minimum absolute atomic E-state index is 0.0689. The highest BCUT2D eigenvalue weighted by molar-refractivity contribution is 5.90. The molecule has 134 valence electrons. The Balaban J connectivity index is 1.93. The van der Waals surface area contributed by atoms with Crippen LogP contribution in [0.2, 0.25) is 0 Å². The Kier molecular flexibility index (Phi) is 5.55. The van der Waals surface area contributed by atoms with Gasteiger partial charge in [0.25, 0.3) is 0 Å². The molecule has 1 amide bonds. The molecule has 2 aromatic rings. The van der Waals surface area contributed by atoms with Crippen LogP contribution in [-0.4, -0.2) is 5.91 Å². The standard InChI is InChI=1S/C20H22F3NO/c1-19(2,3)15-10-7-14(8-11-15)9-12-18(25)24-17-6-4-5-16(13-17)20(21,22)23/h4-8,10-11,13H,9,12H2,1-3H3,(H,24,25). The molecule has 0 aliphatic rings. The summed E-state index contributed by atoms with van der Waals surface area (Å²) in [6.45, 7) is 6.39. The first-order chi connectivity index (χ1) is 11.6. The molecule has 2 nitrogen and oxygen atoms in total. The minimum Gasteiger partial charge on any atom is -0.326 e. The SMILES string of the molecule is CC(C)(C)c1ccc(CCC(=O)Nc2cccc(C(F)(F)F)c2)cc1. The zero-order chi connectivity index (χ0) is 18.7. The number of alkyl halides is 3. The van der Waals surface area contributed by atoms with Crippen LogP contribution in [0.5, 0.6) is 0 Å². The average Bonchev–Trinajstić information content (AvgIpc) is 2.52. The molecule has 0 radical (unpaired) electrons. The van der Waals surface area contributed by atoms with Crippen molar-refractivity contribution in [2.45, 2.75) is 45.2 Å². The molecule has 0 atom stereocenters. The van der Waals surface area contributed by atoms with E-state index in [0.29, 0.717) is 6.42 Å². The van der Waals surface area contributed by atoms with Gasteiger partial charge in [-0.25, -0.2) is 0 Å². The lowest BCUT2D eigenvalue weighted by molar-refractivity contribution is -0.137. The van der Waals surface area contributed by atoms with Crippen molar-refractivity contribution >= 4 is 11.6 Å². The van der Waals surface area contributed by atoms with E-state index < -0.39 is 11.7 Å². The monoisotopic (exact) mass is 349 g/mol. The van der Waals surface area contributed by atoms with Crippen molar-refractivity contribution in [3.05, 3.63) is 65.2 Å². The molecule has 2 rings (SSSR count). The van der Waals surface area contributed by atoms with Gasteiger partial charge in [-0.3, -0.25) is 4.79 Å². The van der Waals surface area contributed by atoms with Gasteiger partial charge in [0.05, 0.1) is 5.56 Å². The highest BCUT2D eigenvalue weighted by Gasteiger charge is 2.30. The maximum atomic E-state index is 12.7. The molecular weight excluding hydrogens is 327 g/mol. The normalized spacial score (nSPS) is 12.1. The van der Waals surface area contributed by atoms with Crippen LogP contribution in [0.4, 0.5) is 18.9 Å². The molecule has 0 spiro atoms. The number of carbonyl (C=O) groups excluding carboxylic acids is 1. The van der Waals surface area contributed by atoms with Gasteiger partial charge in [0, 0.05) is 12.1 Å². The van der Waals surface area contributed by atoms with E-state index in [9.17, 15) is 18.0 Å². The summed E-state index contributed by atoms with van der Waals surface area (Å²) in [4.78, 5) is 12.0. The predicted molar refractivity (Wildman–Crippen MR) is 93.5 cm³/mol. The van der Waals surface area contributed by atoms with Crippen molar-refractivity contribution in [1.82, 2.24) is 0 Å². The molecule has 1 N–H and O–H groups in total. The van der Waals surface area contributed by atoms with Gasteiger partial charge in [0.15, 0.2) is 0 Å². The largest absolute Gasteiger partial charge is 0.416 e. The summed E-state index contributed by atoms with van der Waals surface area (Å²) in [5, 5.41) is 2.52. The second-order valence-corrected chi connectivity index (χ2v) is 7.07. The van der Waals surface area contributed by atoms with E-state index in [4.69, 9.17) is 0 Å². The third-order valence-corrected chi connectivity index (χ3v) is 3.93. The number of hydrogen-bond donors (Lipinski definition) is 1. The number of amides is 1. The lowest BCUT2D eigenvalue weighted by Gasteiger charge is -2.19. The molecule has 2 aromatic carbocycles. The van der Waals surface area contributed by atoms with E-state index in [1.165, 1.54) is 17.7 Å². The molecule has 0 aliphatic heterocycles. The average molecular weight is 349 g/mol. The first-order valence-corrected chi connectivity index (χ1v) is 8.12. The predicted octanol–water partition coefficient (Wildman–Crippen LogP) is 5.57. The maximum Gasteiger partial charge on any atom is 0.416 e. The van der Waals surface area contributed by atoms with Crippen molar-refractivity contribution in [3.63, 3.8) is 0 Å². The smallest absolute Gasteiger partial charge is 0.326 e. The molecule has 0 aliphatic carbocycles. The van der Waals surface area contributed by atoms with Gasteiger partial charge < -0.3 is 5.32 Å². The number of benzene rings is 2. The third kappa shape index (κ3) is 5.62. The Labute approximate surface area is 146 Å². The van der Waals surface area contributed by atoms with Crippen LogP contribution in [0.3, 0.4) is 0 Å². The first kappa shape index (κ1) is 19.0. The molecular formula is C20H22F3NO. The number of aryl methyl sites for hydroxylation is 1. The first-order valence-electron chi connectivity index (χ1n) is 8.12. The van der Waals surface area contributed by atoms with Crippen molar-refractivity contribution in [3.8, 4) is 0 Å². The number of rotatable bonds is 4. The van der Waals surface area contributed by atoms with Crippen LogP contribution >= 0.6 is 0 Å². The van der Waals surface area contributed by atoms with Crippen LogP contribution in [0, 0.1) is 0 Å². The van der Waals surface area contributed by atoms with E-state index in [1.54, 1.807) is 0 Å². The second kappa shape index (κ2) is 7.30. The number of carbonyl (C=O) groups is 1. The summed E-state index contributed by atoms with van der Waals surface area (Å²) >= 11 is 0. The molecule has 5 heteroatoms. The fraction of sp³-hybridized carbons (Fsp3) is 0.350. The number of nitrogens with one attached hydrogen (secondary N) is 1. The Bertz CT molecular complexity index is 728. The highest BCUT2D eigenvalue weighted by atomic mass is 19.4. The third-order valence-electron chi connectivity index (χ3n) is 3.93. The molecule has 0 saturated carbocycles. The van der Waals surface area contributed by atoms with Gasteiger partial charge in [0.1, 0.15) is 0 Å². The summed E-state index contributed by atoms with van der Waals surface area (Å²) in [6.07, 6.45) is -3.67. The molecule has 25 heavy (non-hydrogen) atoms. The van der Waals surface area contributed by atoms with E-state index in [2.05, 4.69) is 26.1 Å². The summed E-state index contributed by atoms with van der Waals surface area (Å²) in [7, 11) is 0. The fourth-order valence-corrected chi connectivity index (χ4v) is 2.43. The van der Waals surface area contributed by atoms with Crippen LogP contribution in [0.25, 0.3) is 0 Å². The highest BCUT2D eigenvalue weighted by Crippen LogP contribution is 2.30. The quantitative estimate of drug-likeness (QED) is 0.768. The Hall–Kier alpha value is -2.30. The Morgan fingerprint density at radius 2 is 1.60 bits per heavy atom. The molecule has 0 fully saturated rings. The second-order valence-electron chi connectivity index (χ2n) is 7.07. The number of hydrogen-bond acceptors (Lipinski definition) is 1. The van der Waals surface area contributed by atoms with Crippen LogP contribution < -0.4 is 5.32 Å². The molecule has 0 bridgehead atoms. The summed E-state index contributed by atoms with van der Waals surface area (Å²) in [6, 6.07) is 12.7. The van der Waals surface area contributed by atoms with E-state index >= 15 is 0 Å². The minimum atomic E-state index is -4.42. The Morgan fingerprint density at radius 1 is 0.960 bits per heavy atom. The van der Waals surface area contributed by atoms with Gasteiger partial charge in [-0.05, 0) is 41.2 Å². The molecule has 0 saturated heterocycles. The molecule has 0 aromatic heterocycles. The lowest BCUT2D eigenvalue weighted by atomic mass is 9.86. The molecule has 0 unspecified atom stereocenters. The number of halogens is 3. The Morgan fingerprint density at radius 3 is 2.16 bits per heavy atom. The maximum absolute atomic E-state index is 12.7. The number of anilines is 1. The van der Waals surface area contributed by atoms with Crippen LogP contribution in [-0.2, 0) is 22.8 Å². The van der Waals surface area contributed by atoms with Crippen molar-refractivity contribution in [2.24, 2.45) is 0 Å². The van der Waals surface area contributed by atoms with E-state index in [1.807, 2.05) is 24.3 Å². The van der Waals surface area contributed by atoms with Gasteiger partial charge in [0.2, 0.25) is 5.91 Å². The van der Waals surface area contributed by atoms with E-state index in [0.717, 1.165) is 17.7 Å². The lowest BCUT2D eigenvalue weighted by Crippen LogP contribution is -2.14. The van der Waals surface area contributed by atoms with Crippen LogP contribution in [0.15, 0.2) is 48.5 Å². The summed E-state index contributed by atoms with van der Waals surface area (Å²) in [5.74, 6) is -0.306. The zero-order valence-corrected chi connectivity index (χ0v) is 14.6. The van der Waals surface area contributed by atoms with Gasteiger partial charge in [-0.15, -0.1) is 0 Å². The van der Waals surface area contributed by atoms with Crippen molar-refractivity contribution in [1.29, 1.82) is 0 Å². The molecule has 0 heterocycles. The fourth-order valence-electron chi connectivity index (χ4n) is 2.43. The van der Waals surface area contributed by atoms with Crippen LogP contribution in [0.1, 0.15) is 43.9 Å². The van der Waals surface area contributed by atoms with Crippen molar-refractivity contribution in [2.75, 3.05) is 5.32 Å². The summed E-state index contributed by atoms with van der Waals surface area (Å²) < 4.78 is 38.0.